The standard InChI is InChI=1S/C7H8N2/c1-2-8-4-7-5-9-3-6(1)7/h1-2,4,9H,3,5H2/i4D. The molecule has 2 heterocycles. The third-order valence-corrected chi connectivity index (χ3v) is 1.55. The monoisotopic (exact) mass is 121 g/mol. The molecule has 0 amide bonds. The Bertz CT molecular complexity index is 260. The maximum Gasteiger partial charge on any atom is 0.0843 e. The molecule has 0 atom stereocenters. The summed E-state index contributed by atoms with van der Waals surface area (Å²) in [6.07, 6.45) is 2.11. The van der Waals surface area contributed by atoms with E-state index >= 15 is 0 Å². The maximum absolute atomic E-state index is 7.40. The summed E-state index contributed by atoms with van der Waals surface area (Å²) in [6, 6.07) is 1.97. The summed E-state index contributed by atoms with van der Waals surface area (Å²) < 4.78 is 7.40. The van der Waals surface area contributed by atoms with Gasteiger partial charge in [0.05, 0.1) is 1.37 Å². The average molecular weight is 121 g/mol. The molecule has 2 nitrogen and oxygen atoms in total. The number of nitrogens with zero attached hydrogens (tertiary/aromatic N) is 1. The van der Waals surface area contributed by atoms with Crippen molar-refractivity contribution in [1.29, 1.82) is 0 Å². The van der Waals surface area contributed by atoms with Crippen LogP contribution in [0.4, 0.5) is 0 Å². The molecule has 0 fully saturated rings. The van der Waals surface area contributed by atoms with Gasteiger partial charge in [0.2, 0.25) is 0 Å². The van der Waals surface area contributed by atoms with Crippen molar-refractivity contribution >= 4 is 0 Å². The summed E-state index contributed by atoms with van der Waals surface area (Å²) in [7, 11) is 0. The second kappa shape index (κ2) is 1.81. The van der Waals surface area contributed by atoms with Crippen molar-refractivity contribution in [1.82, 2.24) is 10.3 Å². The fourth-order valence-electron chi connectivity index (χ4n) is 1.06. The van der Waals surface area contributed by atoms with Crippen LogP contribution in [0.1, 0.15) is 12.5 Å². The molecule has 1 aromatic heterocycles. The zero-order valence-electron chi connectivity index (χ0n) is 6.02. The lowest BCUT2D eigenvalue weighted by Crippen LogP contribution is -1.99. The summed E-state index contributed by atoms with van der Waals surface area (Å²) >= 11 is 0. The van der Waals surface area contributed by atoms with Crippen LogP contribution in [0.15, 0.2) is 18.4 Å². The zero-order valence-corrected chi connectivity index (χ0v) is 5.02. The fourth-order valence-corrected chi connectivity index (χ4v) is 1.06. The largest absolute Gasteiger partial charge is 0.309 e. The summed E-state index contributed by atoms with van der Waals surface area (Å²) in [5, 5.41) is 3.17. The Labute approximate surface area is 55.3 Å². The smallest absolute Gasteiger partial charge is 0.0843 e. The molecule has 46 valence electrons. The number of pyridine rings is 1. The lowest BCUT2D eigenvalue weighted by atomic mass is 10.2. The molecule has 1 N–H and O–H groups in total. The van der Waals surface area contributed by atoms with Gasteiger partial charge in [-0.15, -0.1) is 0 Å². The van der Waals surface area contributed by atoms with Crippen LogP contribution < -0.4 is 5.32 Å². The van der Waals surface area contributed by atoms with Crippen molar-refractivity contribution < 1.29 is 1.37 Å². The molecule has 0 aliphatic carbocycles. The van der Waals surface area contributed by atoms with Gasteiger partial charge in [-0.25, -0.2) is 0 Å². The first-order valence-corrected chi connectivity index (χ1v) is 3.02. The highest BCUT2D eigenvalue weighted by molar-refractivity contribution is 5.26. The minimum Gasteiger partial charge on any atom is -0.309 e. The second-order valence-corrected chi connectivity index (χ2v) is 2.16. The highest BCUT2D eigenvalue weighted by atomic mass is 14.9. The normalized spacial score (nSPS) is 17.1. The lowest BCUT2D eigenvalue weighted by Gasteiger charge is -1.90. The number of fused-ring (bicyclic) bond motifs is 1. The summed E-state index contributed by atoms with van der Waals surface area (Å²) in [6.45, 7) is 1.70. The lowest BCUT2D eigenvalue weighted by molar-refractivity contribution is 0.764. The number of nitrogens with one attached hydrogen (secondary N) is 1. The summed E-state index contributed by atoms with van der Waals surface area (Å²) in [4.78, 5) is 3.88. The Morgan fingerprint density at radius 1 is 1.56 bits per heavy atom. The van der Waals surface area contributed by atoms with E-state index in [1.54, 1.807) is 6.20 Å². The fraction of sp³-hybridized carbons (Fsp3) is 0.286. The van der Waals surface area contributed by atoms with Gasteiger partial charge in [-0.3, -0.25) is 4.98 Å². The van der Waals surface area contributed by atoms with Crippen LogP contribution in [-0.4, -0.2) is 4.98 Å². The molecular formula is C7H8N2. The van der Waals surface area contributed by atoms with Crippen molar-refractivity contribution in [3.63, 3.8) is 0 Å². The van der Waals surface area contributed by atoms with Crippen molar-refractivity contribution in [2.75, 3.05) is 0 Å². The van der Waals surface area contributed by atoms with Gasteiger partial charge < -0.3 is 5.32 Å². The van der Waals surface area contributed by atoms with E-state index in [0.717, 1.165) is 18.7 Å². The minimum atomic E-state index is 0.419. The highest BCUT2D eigenvalue weighted by Gasteiger charge is 2.06. The Morgan fingerprint density at radius 3 is 3.33 bits per heavy atom. The van der Waals surface area contributed by atoms with E-state index in [4.69, 9.17) is 1.37 Å². The Balaban J connectivity index is 2.59. The SMILES string of the molecule is [2H]c1nccc2c1CNC2. The molecule has 9 heavy (non-hydrogen) atoms. The molecule has 1 aliphatic rings. The first-order chi connectivity index (χ1) is 4.88. The van der Waals surface area contributed by atoms with Gasteiger partial charge in [0.1, 0.15) is 0 Å². The van der Waals surface area contributed by atoms with Crippen LogP contribution >= 0.6 is 0 Å². The topological polar surface area (TPSA) is 24.9 Å². The molecule has 1 aliphatic heterocycles. The molecule has 0 saturated heterocycles. The molecule has 1 aromatic rings. The van der Waals surface area contributed by atoms with E-state index in [1.807, 2.05) is 6.07 Å². The number of hydrogen-bond donors (Lipinski definition) is 1. The zero-order chi connectivity index (χ0) is 6.97. The van der Waals surface area contributed by atoms with Gasteiger partial charge in [0.15, 0.2) is 0 Å². The third kappa shape index (κ3) is 0.715. The minimum absolute atomic E-state index is 0.419. The van der Waals surface area contributed by atoms with Gasteiger partial charge in [0.25, 0.3) is 0 Å². The Kier molecular flexibility index (Phi) is 0.807. The molecular weight excluding hydrogens is 112 g/mol. The van der Waals surface area contributed by atoms with Crippen molar-refractivity contribution in [2.24, 2.45) is 0 Å². The number of hydrogen-bond acceptors (Lipinski definition) is 2. The molecule has 0 saturated carbocycles. The van der Waals surface area contributed by atoms with Crippen LogP contribution in [-0.2, 0) is 13.1 Å². The van der Waals surface area contributed by atoms with E-state index in [9.17, 15) is 0 Å². The molecule has 0 radical (unpaired) electrons. The first kappa shape index (κ1) is 4.01. The third-order valence-electron chi connectivity index (χ3n) is 1.55. The van der Waals surface area contributed by atoms with Gasteiger partial charge >= 0.3 is 0 Å². The van der Waals surface area contributed by atoms with E-state index in [-0.39, 0.29) is 0 Å². The van der Waals surface area contributed by atoms with Crippen LogP contribution in [0.2, 0.25) is 0 Å². The van der Waals surface area contributed by atoms with E-state index in [1.165, 1.54) is 5.56 Å². The van der Waals surface area contributed by atoms with E-state index in [2.05, 4.69) is 10.3 Å². The van der Waals surface area contributed by atoms with Crippen molar-refractivity contribution in [3.05, 3.63) is 29.6 Å². The summed E-state index contributed by atoms with van der Waals surface area (Å²) in [5.41, 5.74) is 2.28. The van der Waals surface area contributed by atoms with Crippen LogP contribution in [0.3, 0.4) is 0 Å². The van der Waals surface area contributed by atoms with Crippen LogP contribution in [0.25, 0.3) is 0 Å². The average Bonchev–Trinajstić information content (AvgIpc) is 2.36. The molecule has 2 heteroatoms. The first-order valence-electron chi connectivity index (χ1n) is 3.52. The van der Waals surface area contributed by atoms with Gasteiger partial charge in [-0.2, -0.15) is 0 Å². The van der Waals surface area contributed by atoms with Crippen molar-refractivity contribution in [2.45, 2.75) is 13.1 Å². The van der Waals surface area contributed by atoms with Crippen LogP contribution in [0.5, 0.6) is 0 Å². The quantitative estimate of drug-likeness (QED) is 0.546. The Morgan fingerprint density at radius 2 is 2.44 bits per heavy atom. The highest BCUT2D eigenvalue weighted by Crippen LogP contribution is 2.11. The predicted molar refractivity (Wildman–Crippen MR) is 34.8 cm³/mol. The number of rotatable bonds is 0. The van der Waals surface area contributed by atoms with Crippen LogP contribution in [0, 0.1) is 0 Å². The molecule has 0 aromatic carbocycles. The van der Waals surface area contributed by atoms with E-state index in [0.29, 0.717) is 6.17 Å². The predicted octanol–water partition coefficient (Wildman–Crippen LogP) is 0.685. The second-order valence-electron chi connectivity index (χ2n) is 2.16. The van der Waals surface area contributed by atoms with Gasteiger partial charge in [-0.05, 0) is 17.2 Å². The summed E-state index contributed by atoms with van der Waals surface area (Å²) in [5.74, 6) is 0. The number of aromatic nitrogens is 1. The van der Waals surface area contributed by atoms with Gasteiger partial charge in [-0.1, -0.05) is 0 Å². The molecule has 0 unspecified atom stereocenters. The Hall–Kier alpha value is -0.890. The van der Waals surface area contributed by atoms with E-state index < -0.39 is 0 Å². The molecule has 0 bridgehead atoms. The maximum atomic E-state index is 7.40. The molecule has 2 rings (SSSR count). The van der Waals surface area contributed by atoms with Gasteiger partial charge in [0, 0.05) is 25.5 Å². The van der Waals surface area contributed by atoms with Crippen molar-refractivity contribution in [3.8, 4) is 0 Å². The molecule has 0 spiro atoms.